The molecule has 1 amide bonds. The zero-order valence-electron chi connectivity index (χ0n) is 14.2. The molecule has 0 N–H and O–H groups in total. The van der Waals surface area contributed by atoms with Gasteiger partial charge in [-0.15, -0.1) is 23.1 Å². The van der Waals surface area contributed by atoms with Crippen molar-refractivity contribution in [2.75, 3.05) is 31.9 Å². The summed E-state index contributed by atoms with van der Waals surface area (Å²) >= 11 is 3.05. The Hall–Kier alpha value is -1.95. The first-order chi connectivity index (χ1) is 12.9. The van der Waals surface area contributed by atoms with Crippen LogP contribution in [0.2, 0.25) is 0 Å². The molecule has 27 heavy (non-hydrogen) atoms. The van der Waals surface area contributed by atoms with E-state index >= 15 is 0 Å². The number of benzene rings is 1. The Bertz CT molecular complexity index is 905. The first-order valence-corrected chi connectivity index (χ1v) is 11.4. The SMILES string of the molecule is O=C(CSc1cccs1)N1CCN(S(=O)(=O)c2ccc([N+](=O)[O-])cc2)CC1. The number of nitro groups is 1. The second-order valence-electron chi connectivity index (χ2n) is 5.76. The van der Waals surface area contributed by atoms with Gasteiger partial charge in [-0.25, -0.2) is 8.42 Å². The van der Waals surface area contributed by atoms with Gasteiger partial charge >= 0.3 is 0 Å². The number of nitro benzene ring substituents is 1. The van der Waals surface area contributed by atoms with Gasteiger partial charge in [-0.1, -0.05) is 6.07 Å². The maximum Gasteiger partial charge on any atom is 0.269 e. The largest absolute Gasteiger partial charge is 0.339 e. The first kappa shape index (κ1) is 19.8. The van der Waals surface area contributed by atoms with Crippen molar-refractivity contribution in [3.63, 3.8) is 0 Å². The summed E-state index contributed by atoms with van der Waals surface area (Å²) < 4.78 is 27.7. The normalized spacial score (nSPS) is 15.6. The molecule has 0 bridgehead atoms. The molecule has 0 atom stereocenters. The van der Waals surface area contributed by atoms with Gasteiger partial charge in [0.2, 0.25) is 15.9 Å². The average molecular weight is 428 g/mol. The lowest BCUT2D eigenvalue weighted by molar-refractivity contribution is -0.384. The van der Waals surface area contributed by atoms with Gasteiger partial charge < -0.3 is 4.90 Å². The Labute approximate surface area is 165 Å². The maximum atomic E-state index is 12.7. The highest BCUT2D eigenvalue weighted by molar-refractivity contribution is 8.01. The third-order valence-electron chi connectivity index (χ3n) is 4.11. The third-order valence-corrected chi connectivity index (χ3v) is 8.14. The van der Waals surface area contributed by atoms with Gasteiger partial charge in [0, 0.05) is 38.3 Å². The minimum absolute atomic E-state index is 0.0132. The fourth-order valence-electron chi connectivity index (χ4n) is 2.64. The van der Waals surface area contributed by atoms with Crippen LogP contribution in [0.5, 0.6) is 0 Å². The van der Waals surface area contributed by atoms with E-state index in [0.717, 1.165) is 4.21 Å². The summed E-state index contributed by atoms with van der Waals surface area (Å²) in [5.41, 5.74) is -0.160. The van der Waals surface area contributed by atoms with E-state index in [0.29, 0.717) is 18.8 Å². The molecule has 11 heteroatoms. The van der Waals surface area contributed by atoms with Gasteiger partial charge in [0.15, 0.2) is 0 Å². The zero-order valence-corrected chi connectivity index (χ0v) is 16.6. The molecule has 8 nitrogen and oxygen atoms in total. The molecule has 1 aliphatic rings. The van der Waals surface area contributed by atoms with E-state index in [-0.39, 0.29) is 29.6 Å². The van der Waals surface area contributed by atoms with Crippen LogP contribution in [0.3, 0.4) is 0 Å². The molecular formula is C16H17N3O5S3. The minimum atomic E-state index is -3.73. The summed E-state index contributed by atoms with van der Waals surface area (Å²) in [4.78, 5) is 24.1. The van der Waals surface area contributed by atoms with Crippen molar-refractivity contribution < 1.29 is 18.1 Å². The molecule has 2 heterocycles. The smallest absolute Gasteiger partial charge is 0.269 e. The molecule has 0 unspecified atom stereocenters. The van der Waals surface area contributed by atoms with E-state index in [2.05, 4.69) is 0 Å². The summed E-state index contributed by atoms with van der Waals surface area (Å²) in [5, 5.41) is 12.7. The number of piperazine rings is 1. The van der Waals surface area contributed by atoms with E-state index in [1.807, 2.05) is 17.5 Å². The van der Waals surface area contributed by atoms with Gasteiger partial charge in [-0.3, -0.25) is 14.9 Å². The molecule has 0 spiro atoms. The minimum Gasteiger partial charge on any atom is -0.339 e. The lowest BCUT2D eigenvalue weighted by Gasteiger charge is -2.34. The molecule has 1 aromatic carbocycles. The zero-order chi connectivity index (χ0) is 19.4. The van der Waals surface area contributed by atoms with Crippen molar-refractivity contribution in [1.82, 2.24) is 9.21 Å². The molecule has 2 aromatic rings. The van der Waals surface area contributed by atoms with Gasteiger partial charge in [0.25, 0.3) is 5.69 Å². The molecule has 1 fully saturated rings. The summed E-state index contributed by atoms with van der Waals surface area (Å²) in [6.07, 6.45) is 0. The maximum absolute atomic E-state index is 12.7. The predicted molar refractivity (Wildman–Crippen MR) is 103 cm³/mol. The van der Waals surface area contributed by atoms with Crippen LogP contribution in [0.4, 0.5) is 5.69 Å². The fraction of sp³-hybridized carbons (Fsp3) is 0.312. The molecule has 0 aliphatic carbocycles. The number of nitrogens with zero attached hydrogens (tertiary/aromatic N) is 3. The third kappa shape index (κ3) is 4.67. The molecule has 1 aromatic heterocycles. The highest BCUT2D eigenvalue weighted by Crippen LogP contribution is 2.24. The Kier molecular flexibility index (Phi) is 6.15. The summed E-state index contributed by atoms with van der Waals surface area (Å²) in [5.74, 6) is 0.316. The highest BCUT2D eigenvalue weighted by Gasteiger charge is 2.30. The van der Waals surface area contributed by atoms with Gasteiger partial charge in [-0.05, 0) is 23.6 Å². The monoisotopic (exact) mass is 427 g/mol. The highest BCUT2D eigenvalue weighted by atomic mass is 32.2. The number of hydrogen-bond acceptors (Lipinski definition) is 7. The van der Waals surface area contributed by atoms with Crippen molar-refractivity contribution in [3.05, 3.63) is 51.9 Å². The van der Waals surface area contributed by atoms with Crippen LogP contribution >= 0.6 is 23.1 Å². The number of rotatable bonds is 6. The Morgan fingerprint density at radius 3 is 2.37 bits per heavy atom. The predicted octanol–water partition coefficient (Wildman–Crippen LogP) is 2.28. The number of hydrogen-bond donors (Lipinski definition) is 0. The topological polar surface area (TPSA) is 101 Å². The summed E-state index contributed by atoms with van der Waals surface area (Å²) in [7, 11) is -3.73. The van der Waals surface area contributed by atoms with Gasteiger partial charge in [0.05, 0.1) is 19.8 Å². The van der Waals surface area contributed by atoms with Crippen LogP contribution in [-0.2, 0) is 14.8 Å². The van der Waals surface area contributed by atoms with Crippen LogP contribution in [0.15, 0.2) is 50.9 Å². The summed E-state index contributed by atoms with van der Waals surface area (Å²) in [6, 6.07) is 8.71. The van der Waals surface area contributed by atoms with Crippen molar-refractivity contribution >= 4 is 44.7 Å². The molecule has 0 radical (unpaired) electrons. The quantitative estimate of drug-likeness (QED) is 0.398. The molecular weight excluding hydrogens is 410 g/mol. The van der Waals surface area contributed by atoms with Gasteiger partial charge in [-0.2, -0.15) is 4.31 Å². The first-order valence-electron chi connectivity index (χ1n) is 8.06. The number of sulfonamides is 1. The molecule has 1 aliphatic heterocycles. The summed E-state index contributed by atoms with van der Waals surface area (Å²) in [6.45, 7) is 1.07. The van der Waals surface area contributed by atoms with Crippen LogP contribution < -0.4 is 0 Å². The fourth-order valence-corrected chi connectivity index (χ4v) is 5.75. The lowest BCUT2D eigenvalue weighted by atomic mass is 10.3. The standard InChI is InChI=1S/C16H17N3O5S3/c20-15(12-26-16-2-1-11-25-16)17-7-9-18(10-8-17)27(23,24)14-5-3-13(4-6-14)19(21)22/h1-6,11H,7-10,12H2. The van der Waals surface area contributed by atoms with Crippen LogP contribution in [0.1, 0.15) is 0 Å². The second kappa shape index (κ2) is 8.38. The molecule has 3 rings (SSSR count). The van der Waals surface area contributed by atoms with Gasteiger partial charge in [0.1, 0.15) is 0 Å². The number of thioether (sulfide) groups is 1. The van der Waals surface area contributed by atoms with Crippen molar-refractivity contribution in [3.8, 4) is 0 Å². The van der Waals surface area contributed by atoms with E-state index in [9.17, 15) is 23.3 Å². The van der Waals surface area contributed by atoms with E-state index < -0.39 is 14.9 Å². The van der Waals surface area contributed by atoms with Crippen molar-refractivity contribution in [2.45, 2.75) is 9.10 Å². The van der Waals surface area contributed by atoms with Crippen LogP contribution in [-0.4, -0.2) is 60.4 Å². The number of carbonyl (C=O) groups is 1. The Morgan fingerprint density at radius 2 is 1.81 bits per heavy atom. The van der Waals surface area contributed by atoms with Crippen LogP contribution in [0.25, 0.3) is 0 Å². The Balaban J connectivity index is 1.57. The van der Waals surface area contributed by atoms with Crippen LogP contribution in [0, 0.1) is 10.1 Å². The van der Waals surface area contributed by atoms with E-state index in [1.54, 1.807) is 16.2 Å². The van der Waals surface area contributed by atoms with Crippen molar-refractivity contribution in [1.29, 1.82) is 0 Å². The molecule has 144 valence electrons. The number of thiophene rings is 1. The average Bonchev–Trinajstić information content (AvgIpc) is 3.20. The molecule has 0 saturated carbocycles. The number of amides is 1. The number of carbonyl (C=O) groups excluding carboxylic acids is 1. The molecule has 1 saturated heterocycles. The van der Waals surface area contributed by atoms with E-state index in [1.165, 1.54) is 40.3 Å². The van der Waals surface area contributed by atoms with E-state index in [4.69, 9.17) is 0 Å². The second-order valence-corrected chi connectivity index (χ2v) is 9.92. The lowest BCUT2D eigenvalue weighted by Crippen LogP contribution is -2.50. The number of non-ortho nitro benzene ring substituents is 1. The Morgan fingerprint density at radius 1 is 1.15 bits per heavy atom. The van der Waals surface area contributed by atoms with Crippen molar-refractivity contribution in [2.24, 2.45) is 0 Å².